The Kier molecular flexibility index (Phi) is 5.84. The number of hydrogen-bond donors (Lipinski definition) is 0. The lowest BCUT2D eigenvalue weighted by atomic mass is 10.2. The summed E-state index contributed by atoms with van der Waals surface area (Å²) in [6, 6.07) is 15.1. The van der Waals surface area contributed by atoms with Gasteiger partial charge in [0.1, 0.15) is 5.75 Å². The Bertz CT molecular complexity index is 865. The number of carbonyl (C=O) groups is 2. The highest BCUT2D eigenvalue weighted by Crippen LogP contribution is 2.34. The molecular weight excluding hydrogens is 414 g/mol. The number of amides is 2. The molecule has 3 rings (SSSR count). The van der Waals surface area contributed by atoms with Gasteiger partial charge in [0, 0.05) is 0 Å². The van der Waals surface area contributed by atoms with Crippen LogP contribution in [0, 0.1) is 0 Å². The number of thioether (sulfide) groups is 1. The van der Waals surface area contributed by atoms with Crippen LogP contribution in [0.15, 0.2) is 57.9 Å². The molecule has 134 valence electrons. The van der Waals surface area contributed by atoms with Crippen molar-refractivity contribution in [2.24, 2.45) is 0 Å². The lowest BCUT2D eigenvalue weighted by Gasteiger charge is -2.12. The molecule has 1 fully saturated rings. The van der Waals surface area contributed by atoms with Crippen molar-refractivity contribution in [2.75, 3.05) is 0 Å². The summed E-state index contributed by atoms with van der Waals surface area (Å²) in [5.41, 5.74) is 1.76. The smallest absolute Gasteiger partial charge is 0.293 e. The van der Waals surface area contributed by atoms with Crippen LogP contribution in [0.4, 0.5) is 4.79 Å². The minimum Gasteiger partial charge on any atom is -0.490 e. The standard InChI is InChI=1S/C20H18BrNO3S/c1-13(2)25-17-9-8-15(10-16(17)21)11-18-19(23)22(20(24)26-18)12-14-6-4-3-5-7-14/h3-11,13H,12H2,1-2H3/b18-11-. The Hall–Kier alpha value is -2.05. The van der Waals surface area contributed by atoms with Gasteiger partial charge in [-0.1, -0.05) is 36.4 Å². The molecule has 26 heavy (non-hydrogen) atoms. The summed E-state index contributed by atoms with van der Waals surface area (Å²) >= 11 is 4.45. The third kappa shape index (κ3) is 4.37. The van der Waals surface area contributed by atoms with Crippen LogP contribution in [0.25, 0.3) is 6.08 Å². The minimum absolute atomic E-state index is 0.0756. The van der Waals surface area contributed by atoms with Gasteiger partial charge in [0.2, 0.25) is 0 Å². The first-order valence-electron chi connectivity index (χ1n) is 8.19. The number of halogens is 1. The van der Waals surface area contributed by atoms with Crippen LogP contribution in [0.1, 0.15) is 25.0 Å². The molecule has 0 aliphatic carbocycles. The molecule has 0 radical (unpaired) electrons. The third-order valence-electron chi connectivity index (χ3n) is 3.67. The molecule has 1 heterocycles. The number of imide groups is 1. The van der Waals surface area contributed by atoms with Gasteiger partial charge >= 0.3 is 0 Å². The number of nitrogens with zero attached hydrogens (tertiary/aromatic N) is 1. The predicted octanol–water partition coefficient (Wildman–Crippen LogP) is 5.47. The topological polar surface area (TPSA) is 46.6 Å². The maximum atomic E-state index is 12.6. The van der Waals surface area contributed by atoms with Gasteiger partial charge in [-0.05, 0) is 70.9 Å². The number of hydrogen-bond acceptors (Lipinski definition) is 4. The molecular formula is C20H18BrNO3S. The number of ether oxygens (including phenoxy) is 1. The molecule has 0 atom stereocenters. The van der Waals surface area contributed by atoms with Crippen LogP contribution in [0.5, 0.6) is 5.75 Å². The minimum atomic E-state index is -0.262. The van der Waals surface area contributed by atoms with Crippen LogP contribution in [0.2, 0.25) is 0 Å². The van der Waals surface area contributed by atoms with Crippen molar-refractivity contribution in [1.82, 2.24) is 4.90 Å². The molecule has 0 saturated carbocycles. The monoisotopic (exact) mass is 431 g/mol. The second-order valence-electron chi connectivity index (χ2n) is 6.11. The highest BCUT2D eigenvalue weighted by molar-refractivity contribution is 9.10. The van der Waals surface area contributed by atoms with Crippen molar-refractivity contribution in [2.45, 2.75) is 26.5 Å². The largest absolute Gasteiger partial charge is 0.490 e. The number of carbonyl (C=O) groups excluding carboxylic acids is 2. The fourth-order valence-corrected chi connectivity index (χ4v) is 3.84. The zero-order chi connectivity index (χ0) is 18.7. The lowest BCUT2D eigenvalue weighted by Crippen LogP contribution is -2.27. The van der Waals surface area contributed by atoms with E-state index in [0.717, 1.165) is 33.1 Å². The summed E-state index contributed by atoms with van der Waals surface area (Å²) in [5, 5.41) is -0.246. The number of rotatable bonds is 5. The van der Waals surface area contributed by atoms with E-state index in [9.17, 15) is 9.59 Å². The van der Waals surface area contributed by atoms with E-state index in [2.05, 4.69) is 15.9 Å². The van der Waals surface area contributed by atoms with E-state index in [0.29, 0.717) is 4.91 Å². The van der Waals surface area contributed by atoms with Crippen LogP contribution in [-0.4, -0.2) is 22.2 Å². The van der Waals surface area contributed by atoms with Gasteiger partial charge in [0.25, 0.3) is 11.1 Å². The Morgan fingerprint density at radius 3 is 2.54 bits per heavy atom. The first-order valence-corrected chi connectivity index (χ1v) is 9.80. The van der Waals surface area contributed by atoms with Crippen molar-refractivity contribution >= 4 is 44.9 Å². The van der Waals surface area contributed by atoms with Crippen molar-refractivity contribution in [1.29, 1.82) is 0 Å². The highest BCUT2D eigenvalue weighted by Gasteiger charge is 2.34. The van der Waals surface area contributed by atoms with Crippen molar-refractivity contribution in [3.63, 3.8) is 0 Å². The fraction of sp³-hybridized carbons (Fsp3) is 0.200. The summed E-state index contributed by atoms with van der Waals surface area (Å²) in [5.74, 6) is 0.483. The Morgan fingerprint density at radius 1 is 1.15 bits per heavy atom. The molecule has 0 aromatic heterocycles. The predicted molar refractivity (Wildman–Crippen MR) is 108 cm³/mol. The SMILES string of the molecule is CC(C)Oc1ccc(/C=C2\SC(=O)N(Cc3ccccc3)C2=O)cc1Br. The van der Waals surface area contributed by atoms with Crippen molar-refractivity contribution < 1.29 is 14.3 Å². The van der Waals surface area contributed by atoms with Crippen LogP contribution in [-0.2, 0) is 11.3 Å². The van der Waals surface area contributed by atoms with E-state index in [1.165, 1.54) is 4.90 Å². The third-order valence-corrected chi connectivity index (χ3v) is 5.20. The van der Waals surface area contributed by atoms with Crippen LogP contribution in [0.3, 0.4) is 0 Å². The molecule has 2 amide bonds. The molecule has 0 unspecified atom stereocenters. The lowest BCUT2D eigenvalue weighted by molar-refractivity contribution is -0.123. The molecule has 1 saturated heterocycles. The van der Waals surface area contributed by atoms with E-state index in [4.69, 9.17) is 4.74 Å². The quantitative estimate of drug-likeness (QED) is 0.588. The van der Waals surface area contributed by atoms with Crippen molar-refractivity contribution in [3.8, 4) is 5.75 Å². The first-order chi connectivity index (χ1) is 12.4. The summed E-state index contributed by atoms with van der Waals surface area (Å²) < 4.78 is 6.50. The van der Waals surface area contributed by atoms with Gasteiger partial charge in [-0.3, -0.25) is 14.5 Å². The van der Waals surface area contributed by atoms with E-state index in [1.807, 2.05) is 62.4 Å². The van der Waals surface area contributed by atoms with Crippen LogP contribution < -0.4 is 4.74 Å². The molecule has 0 spiro atoms. The van der Waals surface area contributed by atoms with Gasteiger partial charge in [-0.15, -0.1) is 0 Å². The van der Waals surface area contributed by atoms with Crippen molar-refractivity contribution in [3.05, 3.63) is 69.0 Å². The second kappa shape index (κ2) is 8.10. The Balaban J connectivity index is 1.78. The van der Waals surface area contributed by atoms with E-state index < -0.39 is 0 Å². The van der Waals surface area contributed by atoms with Gasteiger partial charge in [-0.25, -0.2) is 0 Å². The molecule has 0 N–H and O–H groups in total. The summed E-state index contributed by atoms with van der Waals surface area (Å²) in [7, 11) is 0. The molecule has 6 heteroatoms. The average Bonchev–Trinajstić information content (AvgIpc) is 2.85. The Labute approximate surface area is 165 Å². The summed E-state index contributed by atoms with van der Waals surface area (Å²) in [4.78, 5) is 26.5. The molecule has 4 nitrogen and oxygen atoms in total. The molecule has 2 aromatic carbocycles. The van der Waals surface area contributed by atoms with Gasteiger partial charge < -0.3 is 4.74 Å². The normalized spacial score (nSPS) is 16.0. The zero-order valence-electron chi connectivity index (χ0n) is 14.4. The first kappa shape index (κ1) is 18.7. The highest BCUT2D eigenvalue weighted by atomic mass is 79.9. The molecule has 1 aliphatic rings. The maximum absolute atomic E-state index is 12.6. The number of benzene rings is 2. The molecule has 0 bridgehead atoms. The second-order valence-corrected chi connectivity index (χ2v) is 7.96. The maximum Gasteiger partial charge on any atom is 0.293 e. The molecule has 2 aromatic rings. The summed E-state index contributed by atoms with van der Waals surface area (Å²) in [6.45, 7) is 4.21. The average molecular weight is 432 g/mol. The van der Waals surface area contributed by atoms with Gasteiger partial charge in [-0.2, -0.15) is 0 Å². The summed E-state index contributed by atoms with van der Waals surface area (Å²) in [6.07, 6.45) is 1.81. The Morgan fingerprint density at radius 2 is 1.88 bits per heavy atom. The zero-order valence-corrected chi connectivity index (χ0v) is 16.8. The van der Waals surface area contributed by atoms with E-state index in [1.54, 1.807) is 6.08 Å². The van der Waals surface area contributed by atoms with Gasteiger partial charge in [0.05, 0.1) is 22.0 Å². The fourth-order valence-electron chi connectivity index (χ4n) is 2.51. The van der Waals surface area contributed by atoms with E-state index >= 15 is 0 Å². The van der Waals surface area contributed by atoms with E-state index in [-0.39, 0.29) is 23.8 Å². The van der Waals surface area contributed by atoms with Gasteiger partial charge in [0.15, 0.2) is 0 Å². The molecule has 1 aliphatic heterocycles. The van der Waals surface area contributed by atoms with Crippen LogP contribution >= 0.6 is 27.7 Å².